The molecule has 1 atom stereocenters. The molecule has 4 rings (SSSR count). The monoisotopic (exact) mass is 574 g/mol. The van der Waals surface area contributed by atoms with Gasteiger partial charge in [0.05, 0.1) is 6.04 Å². The minimum absolute atomic E-state index is 0.0254. The number of nitrogens with one attached hydrogen (secondary N) is 1. The molecule has 1 aliphatic carbocycles. The summed E-state index contributed by atoms with van der Waals surface area (Å²) in [6.07, 6.45) is -0.00616. The SMILES string of the molecule is O=C(NC[C@@H]1c2ccccc2CCN1S(=O)(=O)c1ccc(Br)cc1OC(F)(F)F)C1CCCCC1. The zero-order valence-corrected chi connectivity index (χ0v) is 21.3. The Kier molecular flexibility index (Phi) is 7.77. The second kappa shape index (κ2) is 10.5. The normalized spacial score (nSPS) is 19.7. The van der Waals surface area contributed by atoms with E-state index in [1.165, 1.54) is 10.4 Å². The van der Waals surface area contributed by atoms with Crippen molar-refractivity contribution in [3.8, 4) is 5.75 Å². The van der Waals surface area contributed by atoms with Gasteiger partial charge in [-0.3, -0.25) is 4.79 Å². The predicted molar refractivity (Wildman–Crippen MR) is 127 cm³/mol. The second-order valence-electron chi connectivity index (χ2n) is 8.80. The van der Waals surface area contributed by atoms with Gasteiger partial charge < -0.3 is 10.1 Å². The third-order valence-corrected chi connectivity index (χ3v) is 8.97. The van der Waals surface area contributed by atoms with E-state index in [0.29, 0.717) is 6.42 Å². The Labute approximate surface area is 211 Å². The summed E-state index contributed by atoms with van der Waals surface area (Å²) in [5.41, 5.74) is 1.67. The number of rotatable bonds is 6. The van der Waals surface area contributed by atoms with Crippen LogP contribution in [-0.2, 0) is 21.2 Å². The van der Waals surface area contributed by atoms with Gasteiger partial charge in [-0.15, -0.1) is 13.2 Å². The number of carbonyl (C=O) groups is 1. The van der Waals surface area contributed by atoms with Crippen molar-refractivity contribution < 1.29 is 31.1 Å². The number of alkyl halides is 3. The van der Waals surface area contributed by atoms with Crippen LogP contribution in [0.25, 0.3) is 0 Å². The van der Waals surface area contributed by atoms with Gasteiger partial charge in [-0.2, -0.15) is 4.31 Å². The van der Waals surface area contributed by atoms with Crippen LogP contribution >= 0.6 is 15.9 Å². The highest BCUT2D eigenvalue weighted by Gasteiger charge is 2.40. The van der Waals surface area contributed by atoms with Crippen LogP contribution < -0.4 is 10.1 Å². The molecule has 0 spiro atoms. The summed E-state index contributed by atoms with van der Waals surface area (Å²) in [7, 11) is -4.41. The third kappa shape index (κ3) is 6.00. The summed E-state index contributed by atoms with van der Waals surface area (Å²) in [6, 6.07) is 9.99. The molecule has 1 saturated carbocycles. The van der Waals surface area contributed by atoms with Gasteiger partial charge in [0, 0.05) is 23.5 Å². The number of sulfonamides is 1. The minimum Gasteiger partial charge on any atom is -0.404 e. The lowest BCUT2D eigenvalue weighted by Gasteiger charge is -2.37. The van der Waals surface area contributed by atoms with E-state index in [1.54, 1.807) is 12.1 Å². The first-order chi connectivity index (χ1) is 16.6. The number of carbonyl (C=O) groups excluding carboxylic acids is 1. The maximum Gasteiger partial charge on any atom is 0.573 e. The molecule has 2 aliphatic rings. The zero-order chi connectivity index (χ0) is 25.2. The molecule has 35 heavy (non-hydrogen) atoms. The molecular formula is C24H26BrF3N2O4S. The van der Waals surface area contributed by atoms with E-state index in [2.05, 4.69) is 26.0 Å². The van der Waals surface area contributed by atoms with E-state index in [9.17, 15) is 26.4 Å². The van der Waals surface area contributed by atoms with Gasteiger partial charge >= 0.3 is 6.36 Å². The number of hydrogen-bond acceptors (Lipinski definition) is 4. The molecule has 11 heteroatoms. The van der Waals surface area contributed by atoms with Crippen molar-refractivity contribution in [3.63, 3.8) is 0 Å². The first-order valence-electron chi connectivity index (χ1n) is 11.5. The average Bonchev–Trinajstić information content (AvgIpc) is 2.81. The van der Waals surface area contributed by atoms with Crippen molar-refractivity contribution in [3.05, 3.63) is 58.1 Å². The molecule has 6 nitrogen and oxygen atoms in total. The van der Waals surface area contributed by atoms with Crippen molar-refractivity contribution in [2.75, 3.05) is 13.1 Å². The molecule has 190 valence electrons. The van der Waals surface area contributed by atoms with Gasteiger partial charge in [0.15, 0.2) is 5.75 Å². The summed E-state index contributed by atoms with van der Waals surface area (Å²) in [5, 5.41) is 2.91. The number of hydrogen-bond donors (Lipinski definition) is 1. The van der Waals surface area contributed by atoms with E-state index in [0.717, 1.165) is 55.4 Å². The van der Waals surface area contributed by atoms with Crippen LogP contribution in [0.2, 0.25) is 0 Å². The van der Waals surface area contributed by atoms with Gasteiger partial charge in [-0.1, -0.05) is 59.5 Å². The van der Waals surface area contributed by atoms with Crippen LogP contribution in [0.5, 0.6) is 5.75 Å². The molecular weight excluding hydrogens is 549 g/mol. The highest BCUT2D eigenvalue weighted by atomic mass is 79.9. The van der Waals surface area contributed by atoms with E-state index >= 15 is 0 Å². The van der Waals surface area contributed by atoms with Gasteiger partial charge in [0.25, 0.3) is 0 Å². The van der Waals surface area contributed by atoms with E-state index < -0.39 is 33.1 Å². The van der Waals surface area contributed by atoms with Crippen LogP contribution in [0.1, 0.15) is 49.3 Å². The Bertz CT molecular complexity index is 1180. The maximum atomic E-state index is 13.7. The molecule has 0 bridgehead atoms. The van der Waals surface area contributed by atoms with Crippen LogP contribution in [0, 0.1) is 5.92 Å². The molecule has 0 aromatic heterocycles. The maximum absolute atomic E-state index is 13.7. The van der Waals surface area contributed by atoms with Crippen molar-refractivity contribution in [1.29, 1.82) is 0 Å². The van der Waals surface area contributed by atoms with Crippen molar-refractivity contribution in [2.24, 2.45) is 5.92 Å². The summed E-state index contributed by atoms with van der Waals surface area (Å²) in [6.45, 7) is 0.0857. The van der Waals surface area contributed by atoms with Crippen LogP contribution in [0.4, 0.5) is 13.2 Å². The lowest BCUT2D eigenvalue weighted by atomic mass is 9.88. The average molecular weight is 575 g/mol. The largest absolute Gasteiger partial charge is 0.573 e. The van der Waals surface area contributed by atoms with Crippen molar-refractivity contribution in [1.82, 2.24) is 9.62 Å². The number of benzene rings is 2. The number of ether oxygens (including phenoxy) is 1. The Balaban J connectivity index is 1.67. The minimum atomic E-state index is -5.06. The Morgan fingerprint density at radius 2 is 1.83 bits per heavy atom. The molecule has 1 heterocycles. The zero-order valence-electron chi connectivity index (χ0n) is 18.9. The third-order valence-electron chi connectivity index (χ3n) is 6.53. The summed E-state index contributed by atoms with van der Waals surface area (Å²) < 4.78 is 72.1. The number of nitrogens with zero attached hydrogens (tertiary/aromatic N) is 1. The Morgan fingerprint density at radius 3 is 2.54 bits per heavy atom. The predicted octanol–water partition coefficient (Wildman–Crippen LogP) is 5.33. The molecule has 0 saturated heterocycles. The molecule has 0 unspecified atom stereocenters. The number of amides is 1. The molecule has 0 radical (unpaired) electrons. The van der Waals surface area contributed by atoms with E-state index in [4.69, 9.17) is 0 Å². The fraction of sp³-hybridized carbons (Fsp3) is 0.458. The number of fused-ring (bicyclic) bond motifs is 1. The quantitative estimate of drug-likeness (QED) is 0.506. The Hall–Kier alpha value is -2.11. The lowest BCUT2D eigenvalue weighted by molar-refractivity contribution is -0.275. The molecule has 1 fully saturated rings. The second-order valence-corrected chi connectivity index (χ2v) is 11.6. The fourth-order valence-electron chi connectivity index (χ4n) is 4.86. The lowest BCUT2D eigenvalue weighted by Crippen LogP contribution is -2.46. The van der Waals surface area contributed by atoms with Crippen molar-refractivity contribution in [2.45, 2.75) is 55.8 Å². The molecule has 2 aromatic carbocycles. The van der Waals surface area contributed by atoms with Gasteiger partial charge in [0.1, 0.15) is 4.90 Å². The van der Waals surface area contributed by atoms with Gasteiger partial charge in [-0.05, 0) is 48.6 Å². The van der Waals surface area contributed by atoms with E-state index in [-0.39, 0.29) is 29.4 Å². The summed E-state index contributed by atoms with van der Waals surface area (Å²) >= 11 is 3.08. The molecule has 1 N–H and O–H groups in total. The van der Waals surface area contributed by atoms with Gasteiger partial charge in [-0.25, -0.2) is 8.42 Å². The topological polar surface area (TPSA) is 75.7 Å². The van der Waals surface area contributed by atoms with E-state index in [1.807, 2.05) is 12.1 Å². The molecule has 1 aliphatic heterocycles. The molecule has 1 amide bonds. The highest BCUT2D eigenvalue weighted by Crippen LogP contribution is 2.39. The smallest absolute Gasteiger partial charge is 0.404 e. The summed E-state index contributed by atoms with van der Waals surface area (Å²) in [5.74, 6) is -1.03. The van der Waals surface area contributed by atoms with Crippen molar-refractivity contribution >= 4 is 31.9 Å². The number of halogens is 4. The van der Waals surface area contributed by atoms with Gasteiger partial charge in [0.2, 0.25) is 15.9 Å². The van der Waals surface area contributed by atoms with Crippen LogP contribution in [0.3, 0.4) is 0 Å². The summed E-state index contributed by atoms with van der Waals surface area (Å²) in [4.78, 5) is 12.2. The fourth-order valence-corrected chi connectivity index (χ4v) is 6.90. The van der Waals surface area contributed by atoms with Crippen LogP contribution in [0.15, 0.2) is 51.8 Å². The first-order valence-corrected chi connectivity index (χ1v) is 13.7. The van der Waals surface area contributed by atoms with Crippen LogP contribution in [-0.4, -0.2) is 38.1 Å². The Morgan fingerprint density at radius 1 is 1.11 bits per heavy atom. The standard InChI is InChI=1S/C24H26BrF3N2O4S/c25-18-10-11-22(21(14-18)34-24(26,27)28)35(32,33)30-13-12-16-6-4-5-9-19(16)20(30)15-29-23(31)17-7-2-1-3-8-17/h4-6,9-11,14,17,20H,1-3,7-8,12-13,15H2,(H,29,31)/t20-/m1/s1. The molecule has 2 aromatic rings. The first kappa shape index (κ1) is 26.0. The highest BCUT2D eigenvalue weighted by molar-refractivity contribution is 9.10.